The maximum Gasteiger partial charge on any atom is 0.240 e. The predicted molar refractivity (Wildman–Crippen MR) is 94.6 cm³/mol. The van der Waals surface area contributed by atoms with E-state index in [4.69, 9.17) is 16.3 Å². The summed E-state index contributed by atoms with van der Waals surface area (Å²) < 4.78 is 6.38. The lowest BCUT2D eigenvalue weighted by Gasteiger charge is -2.38. The van der Waals surface area contributed by atoms with Gasteiger partial charge in [0.15, 0.2) is 0 Å². The highest BCUT2D eigenvalue weighted by Gasteiger charge is 2.32. The Balaban J connectivity index is 1.73. The van der Waals surface area contributed by atoms with Gasteiger partial charge in [-0.25, -0.2) is 0 Å². The van der Waals surface area contributed by atoms with E-state index in [-0.39, 0.29) is 11.9 Å². The molecule has 4 nitrogen and oxygen atoms in total. The first kappa shape index (κ1) is 17.2. The number of ether oxygens (including phenoxy) is 1. The van der Waals surface area contributed by atoms with Gasteiger partial charge in [-0.1, -0.05) is 34.0 Å². The van der Waals surface area contributed by atoms with Crippen molar-refractivity contribution in [1.82, 2.24) is 9.80 Å². The van der Waals surface area contributed by atoms with Crippen molar-refractivity contribution in [1.29, 1.82) is 0 Å². The van der Waals surface area contributed by atoms with Crippen molar-refractivity contribution in [3.8, 4) is 0 Å². The van der Waals surface area contributed by atoms with E-state index in [0.29, 0.717) is 26.3 Å². The fourth-order valence-electron chi connectivity index (χ4n) is 3.34. The predicted octanol–water partition coefficient (Wildman–Crippen LogP) is 3.32. The number of amides is 1. The number of piperidine rings is 1. The number of carbonyl (C=O) groups is 1. The van der Waals surface area contributed by atoms with Gasteiger partial charge in [-0.2, -0.15) is 0 Å². The second-order valence-electron chi connectivity index (χ2n) is 6.16. The first-order chi connectivity index (χ1) is 11.1. The van der Waals surface area contributed by atoms with E-state index < -0.39 is 0 Å². The molecule has 23 heavy (non-hydrogen) atoms. The lowest BCUT2D eigenvalue weighted by atomic mass is 9.99. The molecule has 1 aromatic carbocycles. The van der Waals surface area contributed by atoms with Crippen molar-refractivity contribution in [2.75, 3.05) is 32.8 Å². The molecule has 1 unspecified atom stereocenters. The van der Waals surface area contributed by atoms with Gasteiger partial charge in [0.25, 0.3) is 0 Å². The zero-order valence-corrected chi connectivity index (χ0v) is 15.5. The molecule has 0 aliphatic carbocycles. The number of rotatable bonds is 3. The fraction of sp³-hybridized carbons (Fsp3) is 0.588. The van der Waals surface area contributed by atoms with Gasteiger partial charge >= 0.3 is 0 Å². The fourth-order valence-corrected chi connectivity index (χ4v) is 3.92. The van der Waals surface area contributed by atoms with Gasteiger partial charge in [-0.05, 0) is 43.1 Å². The molecule has 2 fully saturated rings. The molecule has 2 saturated heterocycles. The number of hydrogen-bond donors (Lipinski definition) is 0. The Morgan fingerprint density at radius 2 is 2.04 bits per heavy atom. The van der Waals surface area contributed by atoms with E-state index in [1.807, 2.05) is 23.1 Å². The number of morpholine rings is 1. The number of halogens is 2. The van der Waals surface area contributed by atoms with Gasteiger partial charge in [0, 0.05) is 29.1 Å². The second-order valence-corrected chi connectivity index (χ2v) is 7.48. The molecule has 0 N–H and O–H groups in total. The molecule has 2 aliphatic heterocycles. The van der Waals surface area contributed by atoms with Crippen LogP contribution in [0.5, 0.6) is 0 Å². The van der Waals surface area contributed by atoms with E-state index >= 15 is 0 Å². The van der Waals surface area contributed by atoms with E-state index in [1.165, 1.54) is 0 Å². The van der Waals surface area contributed by atoms with Crippen LogP contribution in [-0.2, 0) is 16.1 Å². The molecule has 0 spiro atoms. The Kier molecular flexibility index (Phi) is 5.96. The minimum atomic E-state index is -0.0306. The average Bonchev–Trinajstić information content (AvgIpc) is 2.59. The first-order valence-corrected chi connectivity index (χ1v) is 9.37. The Bertz CT molecular complexity index is 564. The zero-order chi connectivity index (χ0) is 16.2. The molecular formula is C17H22BrClN2O2. The molecule has 1 aromatic rings. The SMILES string of the molecule is O=C(C1CCCCN1Cc1cc(Br)ccc1Cl)N1CCOCC1. The van der Waals surface area contributed by atoms with Crippen LogP contribution < -0.4 is 0 Å². The van der Waals surface area contributed by atoms with Crippen molar-refractivity contribution in [2.45, 2.75) is 31.8 Å². The molecule has 0 saturated carbocycles. The minimum absolute atomic E-state index is 0.0306. The molecule has 126 valence electrons. The van der Waals surface area contributed by atoms with Crippen LogP contribution in [0, 0.1) is 0 Å². The van der Waals surface area contributed by atoms with Gasteiger partial charge in [-0.15, -0.1) is 0 Å². The van der Waals surface area contributed by atoms with Crippen LogP contribution >= 0.6 is 27.5 Å². The van der Waals surface area contributed by atoms with Gasteiger partial charge in [0.05, 0.1) is 19.3 Å². The zero-order valence-electron chi connectivity index (χ0n) is 13.1. The van der Waals surface area contributed by atoms with E-state index in [0.717, 1.165) is 47.4 Å². The van der Waals surface area contributed by atoms with Gasteiger partial charge in [0.2, 0.25) is 5.91 Å². The Morgan fingerprint density at radius 3 is 2.83 bits per heavy atom. The third kappa shape index (κ3) is 4.27. The molecule has 0 radical (unpaired) electrons. The summed E-state index contributed by atoms with van der Waals surface area (Å²) >= 11 is 9.83. The molecular weight excluding hydrogens is 380 g/mol. The number of likely N-dealkylation sites (tertiary alicyclic amines) is 1. The highest BCUT2D eigenvalue weighted by atomic mass is 79.9. The van der Waals surface area contributed by atoms with Crippen molar-refractivity contribution in [3.63, 3.8) is 0 Å². The van der Waals surface area contributed by atoms with Gasteiger partial charge < -0.3 is 9.64 Å². The van der Waals surface area contributed by atoms with Crippen LogP contribution in [0.2, 0.25) is 5.02 Å². The largest absolute Gasteiger partial charge is 0.378 e. The Morgan fingerprint density at radius 1 is 1.26 bits per heavy atom. The lowest BCUT2D eigenvalue weighted by molar-refractivity contribution is -0.142. The maximum atomic E-state index is 12.9. The second kappa shape index (κ2) is 7.97. The van der Waals surface area contributed by atoms with Crippen molar-refractivity contribution in [3.05, 3.63) is 33.3 Å². The lowest BCUT2D eigenvalue weighted by Crippen LogP contribution is -2.53. The van der Waals surface area contributed by atoms with Gasteiger partial charge in [0.1, 0.15) is 0 Å². The Hall–Kier alpha value is -0.620. The van der Waals surface area contributed by atoms with E-state index in [1.54, 1.807) is 0 Å². The number of carbonyl (C=O) groups excluding carboxylic acids is 1. The molecule has 2 heterocycles. The van der Waals surface area contributed by atoms with Crippen molar-refractivity contribution in [2.24, 2.45) is 0 Å². The summed E-state index contributed by atoms with van der Waals surface area (Å²) in [6.45, 7) is 4.38. The quantitative estimate of drug-likeness (QED) is 0.779. The van der Waals surface area contributed by atoms with Crippen LogP contribution in [-0.4, -0.2) is 54.6 Å². The molecule has 2 aliphatic rings. The molecule has 6 heteroatoms. The van der Waals surface area contributed by atoms with Crippen LogP contribution in [0.25, 0.3) is 0 Å². The molecule has 0 aromatic heterocycles. The third-order valence-corrected chi connectivity index (χ3v) is 5.46. The molecule has 0 bridgehead atoms. The topological polar surface area (TPSA) is 32.8 Å². The number of hydrogen-bond acceptors (Lipinski definition) is 3. The van der Waals surface area contributed by atoms with E-state index in [2.05, 4.69) is 20.8 Å². The van der Waals surface area contributed by atoms with Gasteiger partial charge in [-0.3, -0.25) is 9.69 Å². The van der Waals surface area contributed by atoms with Crippen LogP contribution in [0.1, 0.15) is 24.8 Å². The Labute approximate surface area is 150 Å². The first-order valence-electron chi connectivity index (χ1n) is 8.19. The smallest absolute Gasteiger partial charge is 0.240 e. The third-order valence-electron chi connectivity index (χ3n) is 4.60. The summed E-state index contributed by atoms with van der Waals surface area (Å²) in [6.07, 6.45) is 3.18. The standard InChI is InChI=1S/C17H22BrClN2O2/c18-14-4-5-15(19)13(11-14)12-21-6-2-1-3-16(21)17(22)20-7-9-23-10-8-20/h4-5,11,16H,1-3,6-10,12H2. The van der Waals surface area contributed by atoms with Crippen molar-refractivity contribution >= 4 is 33.4 Å². The van der Waals surface area contributed by atoms with E-state index in [9.17, 15) is 4.79 Å². The molecule has 1 atom stereocenters. The summed E-state index contributed by atoms with van der Waals surface area (Å²) in [5.74, 6) is 0.249. The monoisotopic (exact) mass is 400 g/mol. The minimum Gasteiger partial charge on any atom is -0.378 e. The van der Waals surface area contributed by atoms with Crippen molar-refractivity contribution < 1.29 is 9.53 Å². The summed E-state index contributed by atoms with van der Waals surface area (Å²) in [5.41, 5.74) is 1.07. The highest BCUT2D eigenvalue weighted by Crippen LogP contribution is 2.26. The maximum absolute atomic E-state index is 12.9. The summed E-state index contributed by atoms with van der Waals surface area (Å²) in [5, 5.41) is 0.761. The summed E-state index contributed by atoms with van der Waals surface area (Å²) in [7, 11) is 0. The average molecular weight is 402 g/mol. The van der Waals surface area contributed by atoms with Crippen LogP contribution in [0.3, 0.4) is 0 Å². The molecule has 1 amide bonds. The summed E-state index contributed by atoms with van der Waals surface area (Å²) in [6, 6.07) is 5.87. The number of nitrogens with zero attached hydrogens (tertiary/aromatic N) is 2. The molecule has 3 rings (SSSR count). The van der Waals surface area contributed by atoms with Crippen LogP contribution in [0.4, 0.5) is 0 Å². The highest BCUT2D eigenvalue weighted by molar-refractivity contribution is 9.10. The van der Waals surface area contributed by atoms with Crippen LogP contribution in [0.15, 0.2) is 22.7 Å². The number of benzene rings is 1. The summed E-state index contributed by atoms with van der Waals surface area (Å²) in [4.78, 5) is 17.1. The normalized spacial score (nSPS) is 23.0.